The predicted octanol–water partition coefficient (Wildman–Crippen LogP) is 8.97. The highest BCUT2D eigenvalue weighted by atomic mass is 31.2. The van der Waals surface area contributed by atoms with Crippen LogP contribution in [0.15, 0.2) is 164 Å². The molecule has 0 aliphatic carbocycles. The topological polar surface area (TPSA) is 17.1 Å². The SMILES string of the molecule is O=P(c1ccccc1)(c1ccccc1)c1cccc(-c2ccc(-c3c4ccccc4cc4ccccc34)cc2)c1. The van der Waals surface area contributed by atoms with Gasteiger partial charge in [-0.05, 0) is 55.9 Å². The van der Waals surface area contributed by atoms with Crippen molar-refractivity contribution >= 4 is 44.6 Å². The molecule has 0 aliphatic rings. The Labute approximate surface area is 234 Å². The van der Waals surface area contributed by atoms with Crippen LogP contribution in [0, 0.1) is 0 Å². The lowest BCUT2D eigenvalue weighted by atomic mass is 9.91. The Hall–Kier alpha value is -4.71. The molecular weight excluding hydrogens is 503 g/mol. The molecule has 0 heterocycles. The van der Waals surface area contributed by atoms with E-state index >= 15 is 0 Å². The van der Waals surface area contributed by atoms with E-state index in [9.17, 15) is 4.57 Å². The van der Waals surface area contributed by atoms with E-state index in [1.165, 1.54) is 32.7 Å². The minimum Gasteiger partial charge on any atom is -0.309 e. The lowest BCUT2D eigenvalue weighted by Gasteiger charge is -2.20. The largest absolute Gasteiger partial charge is 0.309 e. The first-order valence-electron chi connectivity index (χ1n) is 13.5. The minimum atomic E-state index is -3.04. The van der Waals surface area contributed by atoms with Crippen LogP contribution in [0.1, 0.15) is 0 Å². The van der Waals surface area contributed by atoms with E-state index in [0.717, 1.165) is 27.0 Å². The molecule has 190 valence electrons. The van der Waals surface area contributed by atoms with Gasteiger partial charge >= 0.3 is 0 Å². The van der Waals surface area contributed by atoms with Crippen molar-refractivity contribution in [1.82, 2.24) is 0 Å². The number of rotatable bonds is 5. The molecule has 2 heteroatoms. The summed E-state index contributed by atoms with van der Waals surface area (Å²) in [7, 11) is -3.04. The highest BCUT2D eigenvalue weighted by molar-refractivity contribution is 7.85. The highest BCUT2D eigenvalue weighted by Crippen LogP contribution is 2.43. The average Bonchev–Trinajstić information content (AvgIpc) is 3.04. The Morgan fingerprint density at radius 1 is 0.350 bits per heavy atom. The van der Waals surface area contributed by atoms with Gasteiger partial charge in [-0.25, -0.2) is 0 Å². The highest BCUT2D eigenvalue weighted by Gasteiger charge is 2.29. The molecule has 0 N–H and O–H groups in total. The van der Waals surface area contributed by atoms with Gasteiger partial charge < -0.3 is 4.57 Å². The van der Waals surface area contributed by atoms with E-state index in [-0.39, 0.29) is 0 Å². The summed E-state index contributed by atoms with van der Waals surface area (Å²) < 4.78 is 14.9. The maximum absolute atomic E-state index is 14.9. The molecule has 0 aromatic heterocycles. The summed E-state index contributed by atoms with van der Waals surface area (Å²) in [5.74, 6) is 0. The molecule has 0 saturated heterocycles. The number of hydrogen-bond acceptors (Lipinski definition) is 1. The monoisotopic (exact) mass is 530 g/mol. The van der Waals surface area contributed by atoms with Gasteiger partial charge in [-0.2, -0.15) is 0 Å². The Bertz CT molecular complexity index is 1910. The fourth-order valence-corrected chi connectivity index (χ4v) is 8.45. The van der Waals surface area contributed by atoms with Crippen molar-refractivity contribution < 1.29 is 4.57 Å². The van der Waals surface area contributed by atoms with Crippen LogP contribution < -0.4 is 15.9 Å². The standard InChI is InChI=1S/C38H27OP/c39-40(33-15-3-1-4-16-33,34-17-5-2-6-18-34)35-19-11-14-30(27-35)28-22-24-29(25-23-28)38-36-20-9-7-12-31(36)26-32-13-8-10-21-37(32)38/h1-27H. The molecule has 0 unspecified atom stereocenters. The Morgan fingerprint density at radius 2 is 0.825 bits per heavy atom. The first-order chi connectivity index (χ1) is 19.7. The van der Waals surface area contributed by atoms with E-state index in [2.05, 4.69) is 91.0 Å². The van der Waals surface area contributed by atoms with Crippen LogP contribution in [0.4, 0.5) is 0 Å². The summed E-state index contributed by atoms with van der Waals surface area (Å²) in [6, 6.07) is 56.2. The van der Waals surface area contributed by atoms with Crippen LogP contribution >= 0.6 is 7.14 Å². The number of hydrogen-bond donors (Lipinski definition) is 0. The van der Waals surface area contributed by atoms with Gasteiger partial charge in [0.05, 0.1) is 0 Å². The summed E-state index contributed by atoms with van der Waals surface area (Å²) in [6.45, 7) is 0. The van der Waals surface area contributed by atoms with E-state index in [1.807, 2.05) is 72.8 Å². The van der Waals surface area contributed by atoms with Crippen molar-refractivity contribution in [2.75, 3.05) is 0 Å². The normalized spacial score (nSPS) is 11.6. The van der Waals surface area contributed by atoms with Crippen LogP contribution in [0.3, 0.4) is 0 Å². The summed E-state index contributed by atoms with van der Waals surface area (Å²) in [5, 5.41) is 7.51. The van der Waals surface area contributed by atoms with Crippen molar-refractivity contribution in [3.63, 3.8) is 0 Å². The number of benzene rings is 7. The first kappa shape index (κ1) is 24.3. The van der Waals surface area contributed by atoms with Gasteiger partial charge in [0.2, 0.25) is 0 Å². The van der Waals surface area contributed by atoms with Crippen LogP contribution in [0.2, 0.25) is 0 Å². The molecule has 40 heavy (non-hydrogen) atoms. The van der Waals surface area contributed by atoms with E-state index in [0.29, 0.717) is 0 Å². The molecule has 0 spiro atoms. The zero-order valence-electron chi connectivity index (χ0n) is 21.9. The smallest absolute Gasteiger partial charge is 0.171 e. The van der Waals surface area contributed by atoms with E-state index in [1.54, 1.807) is 0 Å². The minimum absolute atomic E-state index is 0.839. The molecule has 0 atom stereocenters. The maximum Gasteiger partial charge on any atom is 0.171 e. The van der Waals surface area contributed by atoms with Crippen LogP contribution in [0.5, 0.6) is 0 Å². The van der Waals surface area contributed by atoms with Gasteiger partial charge in [0.25, 0.3) is 0 Å². The third kappa shape index (κ3) is 4.16. The second-order valence-corrected chi connectivity index (χ2v) is 12.9. The average molecular weight is 531 g/mol. The second-order valence-electron chi connectivity index (χ2n) is 10.1. The second kappa shape index (κ2) is 10.1. The number of fused-ring (bicyclic) bond motifs is 2. The molecule has 0 aliphatic heterocycles. The molecule has 1 nitrogen and oxygen atoms in total. The summed E-state index contributed by atoms with van der Waals surface area (Å²) >= 11 is 0. The van der Waals surface area contributed by atoms with Gasteiger partial charge in [-0.3, -0.25) is 0 Å². The summed E-state index contributed by atoms with van der Waals surface area (Å²) in [4.78, 5) is 0. The summed E-state index contributed by atoms with van der Waals surface area (Å²) in [6.07, 6.45) is 0. The molecule has 7 rings (SSSR count). The van der Waals surface area contributed by atoms with Gasteiger partial charge in [-0.15, -0.1) is 0 Å². The van der Waals surface area contributed by atoms with Crippen molar-refractivity contribution in [3.05, 3.63) is 164 Å². The zero-order chi connectivity index (χ0) is 26.9. The third-order valence-electron chi connectivity index (χ3n) is 7.73. The molecule has 0 bridgehead atoms. The molecule has 0 radical (unpaired) electrons. The van der Waals surface area contributed by atoms with Gasteiger partial charge in [0.1, 0.15) is 0 Å². The molecule has 7 aromatic carbocycles. The third-order valence-corrected chi connectivity index (χ3v) is 10.8. The molecular formula is C38H27OP. The van der Waals surface area contributed by atoms with Crippen LogP contribution in [0.25, 0.3) is 43.8 Å². The summed E-state index contributed by atoms with van der Waals surface area (Å²) in [5.41, 5.74) is 4.60. The molecule has 0 amide bonds. The van der Waals surface area contributed by atoms with Crippen molar-refractivity contribution in [2.24, 2.45) is 0 Å². The molecule has 7 aromatic rings. The lowest BCUT2D eigenvalue weighted by molar-refractivity contribution is 0.592. The van der Waals surface area contributed by atoms with Gasteiger partial charge in [0, 0.05) is 15.9 Å². The van der Waals surface area contributed by atoms with Crippen molar-refractivity contribution in [1.29, 1.82) is 0 Å². The van der Waals surface area contributed by atoms with Gasteiger partial charge in [0.15, 0.2) is 7.14 Å². The Kier molecular flexibility index (Phi) is 6.16. The molecule has 0 fully saturated rings. The lowest BCUT2D eigenvalue weighted by Crippen LogP contribution is -2.25. The maximum atomic E-state index is 14.9. The van der Waals surface area contributed by atoms with Crippen LogP contribution in [-0.4, -0.2) is 0 Å². The van der Waals surface area contributed by atoms with E-state index < -0.39 is 7.14 Å². The fourth-order valence-electron chi connectivity index (χ4n) is 5.76. The molecule has 0 saturated carbocycles. The quantitative estimate of drug-likeness (QED) is 0.160. The van der Waals surface area contributed by atoms with Crippen molar-refractivity contribution in [2.45, 2.75) is 0 Å². The predicted molar refractivity (Wildman–Crippen MR) is 172 cm³/mol. The Morgan fingerprint density at radius 3 is 1.40 bits per heavy atom. The zero-order valence-corrected chi connectivity index (χ0v) is 22.8. The Balaban J connectivity index is 1.34. The fraction of sp³-hybridized carbons (Fsp3) is 0. The van der Waals surface area contributed by atoms with E-state index in [4.69, 9.17) is 0 Å². The van der Waals surface area contributed by atoms with Gasteiger partial charge in [-0.1, -0.05) is 152 Å². The first-order valence-corrected chi connectivity index (χ1v) is 15.3. The van der Waals surface area contributed by atoms with Crippen molar-refractivity contribution in [3.8, 4) is 22.3 Å². The van der Waals surface area contributed by atoms with Crippen LogP contribution in [-0.2, 0) is 4.57 Å².